The third kappa shape index (κ3) is 4.08. The van der Waals surface area contributed by atoms with Crippen LogP contribution in [0.1, 0.15) is 26.2 Å². The van der Waals surface area contributed by atoms with Crippen molar-refractivity contribution >= 4 is 23.0 Å². The number of nitrogens with zero attached hydrogens (tertiary/aromatic N) is 1. The highest BCUT2D eigenvalue weighted by Crippen LogP contribution is 2.25. The Hall–Kier alpha value is -2.31. The predicted molar refractivity (Wildman–Crippen MR) is 81.5 cm³/mol. The largest absolute Gasteiger partial charge is 0.385 e. The molecule has 3 N–H and O–H groups in total. The van der Waals surface area contributed by atoms with Crippen LogP contribution in [0.15, 0.2) is 18.2 Å². The fourth-order valence-corrected chi connectivity index (χ4v) is 2.28. The lowest BCUT2D eigenvalue weighted by molar-refractivity contribution is -0.384. The molecule has 21 heavy (non-hydrogen) atoms. The molecule has 0 aromatic heterocycles. The first-order valence-electron chi connectivity index (χ1n) is 7.17. The molecule has 0 radical (unpaired) electrons. The average molecular weight is 292 g/mol. The van der Waals surface area contributed by atoms with Gasteiger partial charge < -0.3 is 16.0 Å². The standard InChI is InChI=1S/C14H20N4O3/c1-2-5-15-10-7-11(9-12(8-10)18(20)21)17-13-4-3-6-16-14(13)19/h7-9,13,15,17H,2-6H2,1H3,(H,16,19). The van der Waals surface area contributed by atoms with Crippen molar-refractivity contribution in [2.24, 2.45) is 0 Å². The van der Waals surface area contributed by atoms with E-state index >= 15 is 0 Å². The van der Waals surface area contributed by atoms with Crippen molar-refractivity contribution in [1.82, 2.24) is 5.32 Å². The molecule has 0 aliphatic carbocycles. The van der Waals surface area contributed by atoms with Crippen molar-refractivity contribution < 1.29 is 9.72 Å². The summed E-state index contributed by atoms with van der Waals surface area (Å²) in [5.41, 5.74) is 1.28. The normalized spacial score (nSPS) is 18.0. The van der Waals surface area contributed by atoms with Crippen molar-refractivity contribution in [3.05, 3.63) is 28.3 Å². The molecular weight excluding hydrogens is 272 g/mol. The quantitative estimate of drug-likeness (QED) is 0.551. The van der Waals surface area contributed by atoms with Gasteiger partial charge in [-0.25, -0.2) is 0 Å². The Bertz CT molecular complexity index is 533. The van der Waals surface area contributed by atoms with Gasteiger partial charge in [-0.05, 0) is 25.3 Å². The molecule has 1 aliphatic heterocycles. The van der Waals surface area contributed by atoms with Crippen molar-refractivity contribution in [3.63, 3.8) is 0 Å². The van der Waals surface area contributed by atoms with Crippen molar-refractivity contribution in [3.8, 4) is 0 Å². The van der Waals surface area contributed by atoms with Gasteiger partial charge in [0.05, 0.1) is 4.92 Å². The maximum atomic E-state index is 11.8. The minimum atomic E-state index is -0.427. The molecule has 7 heteroatoms. The first-order chi connectivity index (χ1) is 10.1. The molecule has 1 aromatic carbocycles. The zero-order chi connectivity index (χ0) is 15.2. The van der Waals surface area contributed by atoms with Crippen molar-refractivity contribution in [2.75, 3.05) is 23.7 Å². The van der Waals surface area contributed by atoms with Crippen LogP contribution in [0.2, 0.25) is 0 Å². The number of non-ortho nitro benzene ring substituents is 1. The Labute approximate surface area is 123 Å². The molecule has 1 aromatic rings. The highest BCUT2D eigenvalue weighted by atomic mass is 16.6. The van der Waals surface area contributed by atoms with Gasteiger partial charge in [0.15, 0.2) is 0 Å². The second-order valence-electron chi connectivity index (χ2n) is 5.08. The molecule has 0 saturated carbocycles. The molecule has 0 spiro atoms. The third-order valence-electron chi connectivity index (χ3n) is 3.33. The van der Waals surface area contributed by atoms with Gasteiger partial charge in [-0.15, -0.1) is 0 Å². The number of anilines is 2. The van der Waals surface area contributed by atoms with Gasteiger partial charge in [-0.1, -0.05) is 6.92 Å². The maximum Gasteiger partial charge on any atom is 0.273 e. The van der Waals surface area contributed by atoms with Crippen LogP contribution in [0.4, 0.5) is 17.1 Å². The monoisotopic (exact) mass is 292 g/mol. The summed E-state index contributed by atoms with van der Waals surface area (Å²) in [4.78, 5) is 22.3. The summed E-state index contributed by atoms with van der Waals surface area (Å²) in [7, 11) is 0. The van der Waals surface area contributed by atoms with Crippen LogP contribution >= 0.6 is 0 Å². The van der Waals surface area contributed by atoms with Gasteiger partial charge in [0.2, 0.25) is 5.91 Å². The number of nitro benzene ring substituents is 1. The Kier molecular flexibility index (Phi) is 4.97. The van der Waals surface area contributed by atoms with Crippen LogP contribution in [-0.2, 0) is 4.79 Å². The van der Waals surface area contributed by atoms with Crippen LogP contribution in [0.5, 0.6) is 0 Å². The molecule has 1 unspecified atom stereocenters. The van der Waals surface area contributed by atoms with E-state index in [-0.39, 0.29) is 17.6 Å². The summed E-state index contributed by atoms with van der Waals surface area (Å²) >= 11 is 0. The number of piperidine rings is 1. The van der Waals surface area contributed by atoms with Crippen LogP contribution in [-0.4, -0.2) is 30.0 Å². The lowest BCUT2D eigenvalue weighted by Crippen LogP contribution is -2.44. The Balaban J connectivity index is 2.18. The van der Waals surface area contributed by atoms with Gasteiger partial charge in [0.25, 0.3) is 5.69 Å². The van der Waals surface area contributed by atoms with Gasteiger partial charge in [0.1, 0.15) is 6.04 Å². The second kappa shape index (κ2) is 6.92. The van der Waals surface area contributed by atoms with E-state index in [0.29, 0.717) is 17.9 Å². The predicted octanol–water partition coefficient (Wildman–Crippen LogP) is 2.11. The van der Waals surface area contributed by atoms with E-state index < -0.39 is 4.92 Å². The molecule has 1 aliphatic rings. The Morgan fingerprint density at radius 1 is 1.38 bits per heavy atom. The number of amides is 1. The fourth-order valence-electron chi connectivity index (χ4n) is 2.28. The Morgan fingerprint density at radius 2 is 2.14 bits per heavy atom. The number of hydrogen-bond acceptors (Lipinski definition) is 5. The number of nitro groups is 1. The van der Waals surface area contributed by atoms with Gasteiger partial charge in [-0.3, -0.25) is 14.9 Å². The van der Waals surface area contributed by atoms with Crippen molar-refractivity contribution in [2.45, 2.75) is 32.2 Å². The lowest BCUT2D eigenvalue weighted by atomic mass is 10.1. The smallest absolute Gasteiger partial charge is 0.273 e. The number of nitrogens with one attached hydrogen (secondary N) is 3. The molecule has 1 amide bonds. The first kappa shape index (κ1) is 15.1. The molecule has 1 fully saturated rings. The van der Waals surface area contributed by atoms with E-state index in [4.69, 9.17) is 0 Å². The minimum Gasteiger partial charge on any atom is -0.385 e. The van der Waals surface area contributed by atoms with E-state index in [1.807, 2.05) is 6.92 Å². The Morgan fingerprint density at radius 3 is 2.81 bits per heavy atom. The highest BCUT2D eigenvalue weighted by Gasteiger charge is 2.22. The van der Waals surface area contributed by atoms with E-state index in [9.17, 15) is 14.9 Å². The second-order valence-corrected chi connectivity index (χ2v) is 5.08. The number of carbonyl (C=O) groups excluding carboxylic acids is 1. The van der Waals surface area contributed by atoms with Crippen LogP contribution < -0.4 is 16.0 Å². The lowest BCUT2D eigenvalue weighted by Gasteiger charge is -2.24. The highest BCUT2D eigenvalue weighted by molar-refractivity contribution is 5.85. The summed E-state index contributed by atoms with van der Waals surface area (Å²) in [6.45, 7) is 3.45. The number of hydrogen-bond donors (Lipinski definition) is 3. The van der Waals surface area contributed by atoms with E-state index in [2.05, 4.69) is 16.0 Å². The van der Waals surface area contributed by atoms with Crippen LogP contribution in [0.25, 0.3) is 0 Å². The first-order valence-corrected chi connectivity index (χ1v) is 7.17. The molecule has 2 rings (SSSR count). The maximum absolute atomic E-state index is 11.8. The van der Waals surface area contributed by atoms with Gasteiger partial charge in [0, 0.05) is 36.6 Å². The van der Waals surface area contributed by atoms with Gasteiger partial charge in [-0.2, -0.15) is 0 Å². The zero-order valence-electron chi connectivity index (χ0n) is 12.0. The molecule has 7 nitrogen and oxygen atoms in total. The SMILES string of the molecule is CCCNc1cc(NC2CCCNC2=O)cc([N+](=O)[O-])c1. The number of rotatable bonds is 6. The van der Waals surface area contributed by atoms with Gasteiger partial charge >= 0.3 is 0 Å². The minimum absolute atomic E-state index is 0.00909. The van der Waals surface area contributed by atoms with E-state index in [1.165, 1.54) is 12.1 Å². The molecule has 1 heterocycles. The summed E-state index contributed by atoms with van der Waals surface area (Å²) in [6.07, 6.45) is 2.56. The van der Waals surface area contributed by atoms with E-state index in [1.54, 1.807) is 6.07 Å². The molecule has 0 bridgehead atoms. The third-order valence-corrected chi connectivity index (χ3v) is 3.33. The zero-order valence-corrected chi connectivity index (χ0v) is 12.0. The van der Waals surface area contributed by atoms with Crippen LogP contribution in [0, 0.1) is 10.1 Å². The average Bonchev–Trinajstić information content (AvgIpc) is 2.47. The van der Waals surface area contributed by atoms with Crippen molar-refractivity contribution in [1.29, 1.82) is 0 Å². The number of carbonyl (C=O) groups is 1. The van der Waals surface area contributed by atoms with E-state index in [0.717, 1.165) is 25.8 Å². The molecule has 1 saturated heterocycles. The summed E-state index contributed by atoms with van der Waals surface area (Å²) < 4.78 is 0. The topological polar surface area (TPSA) is 96.3 Å². The number of benzene rings is 1. The summed E-state index contributed by atoms with van der Waals surface area (Å²) in [5, 5.41) is 20.0. The summed E-state index contributed by atoms with van der Waals surface area (Å²) in [6, 6.07) is 4.42. The van der Waals surface area contributed by atoms with Crippen LogP contribution in [0.3, 0.4) is 0 Å². The molecule has 1 atom stereocenters. The molecule has 114 valence electrons. The summed E-state index contributed by atoms with van der Waals surface area (Å²) in [5.74, 6) is -0.0594. The fraction of sp³-hybridized carbons (Fsp3) is 0.500. The molecular formula is C14H20N4O3.